The van der Waals surface area contributed by atoms with Gasteiger partial charge in [0.15, 0.2) is 6.10 Å². The van der Waals surface area contributed by atoms with E-state index in [0.29, 0.717) is 19.4 Å². The fraction of sp³-hybridized carbons (Fsp3) is 0.745. The smallest absolute Gasteiger partial charge is 0.306 e. The van der Waals surface area contributed by atoms with Crippen LogP contribution in [-0.4, -0.2) is 37.9 Å². The van der Waals surface area contributed by atoms with Crippen molar-refractivity contribution < 1.29 is 23.8 Å². The van der Waals surface area contributed by atoms with Crippen molar-refractivity contribution in [3.8, 4) is 0 Å². The zero-order valence-electron chi connectivity index (χ0n) is 39.7. The topological polar surface area (TPSA) is 61.8 Å². The van der Waals surface area contributed by atoms with Crippen LogP contribution in [0.2, 0.25) is 0 Å². The maximum Gasteiger partial charge on any atom is 0.306 e. The van der Waals surface area contributed by atoms with Gasteiger partial charge in [0.25, 0.3) is 0 Å². The van der Waals surface area contributed by atoms with E-state index in [1.807, 2.05) is 0 Å². The van der Waals surface area contributed by atoms with E-state index < -0.39 is 6.10 Å². The molecule has 0 spiro atoms. The Morgan fingerprint density at radius 3 is 1.23 bits per heavy atom. The number of allylic oxidation sites excluding steroid dienone is 12. The minimum atomic E-state index is -0.541. The van der Waals surface area contributed by atoms with Crippen LogP contribution in [0.15, 0.2) is 72.9 Å². The van der Waals surface area contributed by atoms with Gasteiger partial charge in [0.05, 0.1) is 6.61 Å². The SMILES string of the molecule is CC/C=C\C/C=C\C/C=C\C/C=C\CCCCCCCCCOCC(COC(=O)CCCCCCCCCCC/C=C\C/C=C\CCCCC)OC(=O)CCCCCCC. The van der Waals surface area contributed by atoms with Crippen molar-refractivity contribution in [3.05, 3.63) is 72.9 Å². The standard InChI is InChI=1S/C55H96O5/c1-4-7-10-13-15-17-19-21-23-25-27-29-31-33-35-37-39-41-44-47-50-58-51-53(60-55(57)49-46-42-12-9-6-3)52-59-54(56)48-45-43-40-38-36-34-32-30-28-26-24-22-20-18-16-14-11-8-5-2/h7,10,15-18,21-24,27,29,53H,4-6,8-9,11-14,19-20,25-26,28,30-52H2,1-3H3/b10-7-,17-15-,18-16-,23-21-,24-22-,29-27-. The summed E-state index contributed by atoms with van der Waals surface area (Å²) in [6.07, 6.45) is 65.1. The molecule has 0 amide bonds. The van der Waals surface area contributed by atoms with Crippen molar-refractivity contribution in [2.75, 3.05) is 19.8 Å². The normalized spacial score (nSPS) is 12.8. The number of hydrogen-bond donors (Lipinski definition) is 0. The second kappa shape index (κ2) is 50.7. The predicted octanol–water partition coefficient (Wildman–Crippen LogP) is 17.1. The van der Waals surface area contributed by atoms with Gasteiger partial charge in [0.2, 0.25) is 0 Å². The summed E-state index contributed by atoms with van der Waals surface area (Å²) in [5.74, 6) is -0.419. The van der Waals surface area contributed by atoms with Gasteiger partial charge in [-0.1, -0.05) is 209 Å². The Morgan fingerprint density at radius 1 is 0.383 bits per heavy atom. The van der Waals surface area contributed by atoms with E-state index in [0.717, 1.165) is 77.0 Å². The molecule has 0 aliphatic heterocycles. The molecule has 346 valence electrons. The Balaban J connectivity index is 4.04. The Morgan fingerprint density at radius 2 is 0.750 bits per heavy atom. The number of esters is 2. The first-order valence-corrected chi connectivity index (χ1v) is 25.5. The summed E-state index contributed by atoms with van der Waals surface area (Å²) in [4.78, 5) is 25.1. The molecular formula is C55H96O5. The highest BCUT2D eigenvalue weighted by Crippen LogP contribution is 2.14. The van der Waals surface area contributed by atoms with Crippen molar-refractivity contribution in [1.82, 2.24) is 0 Å². The van der Waals surface area contributed by atoms with Crippen LogP contribution in [0.3, 0.4) is 0 Å². The van der Waals surface area contributed by atoms with E-state index in [2.05, 4.69) is 93.7 Å². The van der Waals surface area contributed by atoms with Gasteiger partial charge in [-0.15, -0.1) is 0 Å². The first-order valence-electron chi connectivity index (χ1n) is 25.5. The number of carbonyl (C=O) groups is 2. The summed E-state index contributed by atoms with van der Waals surface area (Å²) in [5, 5.41) is 0. The molecule has 0 bridgehead atoms. The van der Waals surface area contributed by atoms with Gasteiger partial charge in [-0.3, -0.25) is 9.59 Å². The molecule has 0 heterocycles. The molecule has 0 aliphatic carbocycles. The van der Waals surface area contributed by atoms with Crippen molar-refractivity contribution in [3.63, 3.8) is 0 Å². The predicted molar refractivity (Wildman–Crippen MR) is 260 cm³/mol. The van der Waals surface area contributed by atoms with Gasteiger partial charge in [-0.05, 0) is 89.9 Å². The van der Waals surface area contributed by atoms with Crippen molar-refractivity contribution in [1.29, 1.82) is 0 Å². The summed E-state index contributed by atoms with van der Waals surface area (Å²) < 4.78 is 17.3. The molecule has 5 heteroatoms. The lowest BCUT2D eigenvalue weighted by molar-refractivity contribution is -0.163. The van der Waals surface area contributed by atoms with Gasteiger partial charge < -0.3 is 14.2 Å². The minimum absolute atomic E-state index is 0.0767. The first kappa shape index (κ1) is 57.3. The van der Waals surface area contributed by atoms with Crippen LogP contribution in [0, 0.1) is 0 Å². The number of hydrogen-bond acceptors (Lipinski definition) is 5. The van der Waals surface area contributed by atoms with Gasteiger partial charge in [0, 0.05) is 19.4 Å². The van der Waals surface area contributed by atoms with Crippen molar-refractivity contribution in [2.24, 2.45) is 0 Å². The Hall–Kier alpha value is -2.66. The summed E-state index contributed by atoms with van der Waals surface area (Å²) >= 11 is 0. The molecule has 0 aromatic rings. The lowest BCUT2D eigenvalue weighted by Gasteiger charge is -2.18. The van der Waals surface area contributed by atoms with E-state index in [1.165, 1.54) is 128 Å². The quantitative estimate of drug-likeness (QED) is 0.0347. The molecule has 0 fully saturated rings. The summed E-state index contributed by atoms with van der Waals surface area (Å²) in [5.41, 5.74) is 0. The molecule has 60 heavy (non-hydrogen) atoms. The molecule has 5 nitrogen and oxygen atoms in total. The van der Waals surface area contributed by atoms with Crippen LogP contribution in [0.5, 0.6) is 0 Å². The molecule has 0 aromatic heterocycles. The second-order valence-electron chi connectivity index (χ2n) is 16.7. The van der Waals surface area contributed by atoms with Gasteiger partial charge in [-0.25, -0.2) is 0 Å². The average Bonchev–Trinajstić information content (AvgIpc) is 3.25. The third-order valence-corrected chi connectivity index (χ3v) is 10.7. The molecule has 0 rings (SSSR count). The third-order valence-electron chi connectivity index (χ3n) is 10.7. The zero-order valence-corrected chi connectivity index (χ0v) is 39.7. The monoisotopic (exact) mass is 837 g/mol. The van der Waals surface area contributed by atoms with Crippen LogP contribution >= 0.6 is 0 Å². The maximum absolute atomic E-state index is 12.6. The number of unbranched alkanes of at least 4 members (excludes halogenated alkanes) is 23. The molecule has 0 saturated carbocycles. The zero-order chi connectivity index (χ0) is 43.5. The lowest BCUT2D eigenvalue weighted by Crippen LogP contribution is -2.30. The van der Waals surface area contributed by atoms with Crippen LogP contribution in [0.1, 0.15) is 239 Å². The highest BCUT2D eigenvalue weighted by Gasteiger charge is 2.17. The highest BCUT2D eigenvalue weighted by atomic mass is 16.6. The number of rotatable bonds is 46. The van der Waals surface area contributed by atoms with Crippen molar-refractivity contribution >= 4 is 11.9 Å². The third kappa shape index (κ3) is 48.0. The molecule has 0 aliphatic rings. The minimum Gasteiger partial charge on any atom is -0.462 e. The fourth-order valence-corrected chi connectivity index (χ4v) is 6.94. The van der Waals surface area contributed by atoms with Crippen LogP contribution in [0.4, 0.5) is 0 Å². The average molecular weight is 837 g/mol. The van der Waals surface area contributed by atoms with E-state index in [9.17, 15) is 9.59 Å². The summed E-state index contributed by atoms with van der Waals surface area (Å²) in [6, 6.07) is 0. The molecule has 0 saturated heterocycles. The molecule has 1 atom stereocenters. The van der Waals surface area contributed by atoms with E-state index >= 15 is 0 Å². The Kier molecular flexibility index (Phi) is 48.4. The van der Waals surface area contributed by atoms with Crippen LogP contribution in [-0.2, 0) is 23.8 Å². The molecular weight excluding hydrogens is 741 g/mol. The fourth-order valence-electron chi connectivity index (χ4n) is 6.94. The van der Waals surface area contributed by atoms with Gasteiger partial charge in [-0.2, -0.15) is 0 Å². The van der Waals surface area contributed by atoms with E-state index in [4.69, 9.17) is 14.2 Å². The largest absolute Gasteiger partial charge is 0.462 e. The molecule has 0 radical (unpaired) electrons. The van der Waals surface area contributed by atoms with E-state index in [-0.39, 0.29) is 25.2 Å². The number of carbonyl (C=O) groups excluding carboxylic acids is 2. The van der Waals surface area contributed by atoms with Gasteiger partial charge in [0.1, 0.15) is 6.61 Å². The summed E-state index contributed by atoms with van der Waals surface area (Å²) in [6.45, 7) is 7.60. The van der Waals surface area contributed by atoms with E-state index in [1.54, 1.807) is 0 Å². The Labute approximate surface area is 372 Å². The highest BCUT2D eigenvalue weighted by molar-refractivity contribution is 5.70. The Bertz CT molecular complexity index is 1080. The van der Waals surface area contributed by atoms with Crippen molar-refractivity contribution in [2.45, 2.75) is 245 Å². The van der Waals surface area contributed by atoms with Crippen LogP contribution in [0.25, 0.3) is 0 Å². The first-order chi connectivity index (χ1) is 29.6. The second-order valence-corrected chi connectivity index (χ2v) is 16.7. The lowest BCUT2D eigenvalue weighted by atomic mass is 10.1. The maximum atomic E-state index is 12.6. The van der Waals surface area contributed by atoms with Gasteiger partial charge >= 0.3 is 11.9 Å². The molecule has 0 aromatic carbocycles. The summed E-state index contributed by atoms with van der Waals surface area (Å²) in [7, 11) is 0. The molecule has 1 unspecified atom stereocenters. The van der Waals surface area contributed by atoms with Crippen LogP contribution < -0.4 is 0 Å². The number of ether oxygens (including phenoxy) is 3. The molecule has 0 N–H and O–H groups in total.